The van der Waals surface area contributed by atoms with Crippen molar-refractivity contribution in [2.75, 3.05) is 12.0 Å². The molecule has 1 saturated heterocycles. The van der Waals surface area contributed by atoms with Gasteiger partial charge in [0.2, 0.25) is 0 Å². The average molecular weight is 289 g/mol. The Kier molecular flexibility index (Phi) is 4.03. The summed E-state index contributed by atoms with van der Waals surface area (Å²) >= 11 is 0. The number of hydrogen-bond acceptors (Lipinski definition) is 6. The quantitative estimate of drug-likeness (QED) is 0.654. The number of nitrogens with zero attached hydrogens (tertiary/aromatic N) is 5. The Morgan fingerprint density at radius 1 is 1.38 bits per heavy atom. The summed E-state index contributed by atoms with van der Waals surface area (Å²) in [7, 11) is 1.88. The summed E-state index contributed by atoms with van der Waals surface area (Å²) in [5, 5.41) is 5.08. The lowest BCUT2D eigenvalue weighted by molar-refractivity contribution is 0.133. The molecule has 1 aliphatic heterocycles. The van der Waals surface area contributed by atoms with Crippen LogP contribution in [0.5, 0.6) is 0 Å². The molecular weight excluding hydrogens is 266 g/mol. The van der Waals surface area contributed by atoms with E-state index < -0.39 is 0 Å². The minimum Gasteiger partial charge on any atom is -0.308 e. The van der Waals surface area contributed by atoms with Gasteiger partial charge in [-0.15, -0.1) is 0 Å². The Balaban J connectivity index is 1.91. The van der Waals surface area contributed by atoms with E-state index in [2.05, 4.69) is 32.3 Å². The van der Waals surface area contributed by atoms with Crippen LogP contribution in [0.3, 0.4) is 0 Å². The normalized spacial score (nSPS) is 20.0. The monoisotopic (exact) mass is 289 g/mol. The van der Waals surface area contributed by atoms with Gasteiger partial charge in [-0.05, 0) is 25.8 Å². The van der Waals surface area contributed by atoms with E-state index in [-0.39, 0.29) is 0 Å². The van der Waals surface area contributed by atoms with E-state index in [0.29, 0.717) is 11.9 Å². The smallest absolute Gasteiger partial charge is 0.163 e. The Morgan fingerprint density at radius 3 is 3.00 bits per heavy atom. The van der Waals surface area contributed by atoms with Crippen LogP contribution in [-0.4, -0.2) is 37.2 Å². The predicted octanol–water partition coefficient (Wildman–Crippen LogP) is 1.41. The second kappa shape index (κ2) is 5.95. The van der Waals surface area contributed by atoms with Crippen molar-refractivity contribution in [2.24, 2.45) is 12.9 Å². The minimum absolute atomic E-state index is 0.638. The zero-order chi connectivity index (χ0) is 14.8. The number of fused-ring (bicyclic) bond motifs is 1. The van der Waals surface area contributed by atoms with Crippen LogP contribution in [0.25, 0.3) is 11.0 Å². The molecule has 3 heterocycles. The maximum absolute atomic E-state index is 5.59. The molecule has 0 aromatic carbocycles. The first-order chi connectivity index (χ1) is 10.2. The molecule has 1 unspecified atom stereocenters. The topological polar surface area (TPSA) is 84.9 Å². The summed E-state index contributed by atoms with van der Waals surface area (Å²) in [4.78, 5) is 11.7. The standard InChI is InChI=1S/C14H23N7/c1-3-10-6-4-5-7-21(10)9-12-17-13(19-15)11-8-16-20(2)14(11)18-12/h8,10H,3-7,9,15H2,1-2H3,(H,17,18,19). The fraction of sp³-hybridized carbons (Fsp3) is 0.643. The van der Waals surface area contributed by atoms with Crippen LogP contribution in [0.15, 0.2) is 6.20 Å². The molecule has 3 rings (SSSR count). The second-order valence-electron chi connectivity index (χ2n) is 5.67. The third kappa shape index (κ3) is 2.71. The van der Waals surface area contributed by atoms with E-state index in [0.717, 1.165) is 29.9 Å². The maximum atomic E-state index is 5.59. The van der Waals surface area contributed by atoms with Gasteiger partial charge in [0, 0.05) is 13.1 Å². The molecular formula is C14H23N7. The summed E-state index contributed by atoms with van der Waals surface area (Å²) in [6.45, 7) is 4.14. The molecule has 114 valence electrons. The van der Waals surface area contributed by atoms with E-state index in [9.17, 15) is 0 Å². The van der Waals surface area contributed by atoms with E-state index >= 15 is 0 Å². The highest BCUT2D eigenvalue weighted by molar-refractivity contribution is 5.86. The molecule has 3 N–H and O–H groups in total. The van der Waals surface area contributed by atoms with E-state index in [1.165, 1.54) is 25.7 Å². The molecule has 7 heteroatoms. The molecule has 0 saturated carbocycles. The predicted molar refractivity (Wildman–Crippen MR) is 82.5 cm³/mol. The van der Waals surface area contributed by atoms with Crippen molar-refractivity contribution in [3.05, 3.63) is 12.0 Å². The van der Waals surface area contributed by atoms with E-state index in [1.807, 2.05) is 7.05 Å². The maximum Gasteiger partial charge on any atom is 0.163 e. The Bertz CT molecular complexity index is 621. The zero-order valence-corrected chi connectivity index (χ0v) is 12.7. The first kappa shape index (κ1) is 14.2. The number of anilines is 1. The van der Waals surface area contributed by atoms with Gasteiger partial charge in [-0.1, -0.05) is 13.3 Å². The van der Waals surface area contributed by atoms with Crippen LogP contribution in [0.1, 0.15) is 38.4 Å². The van der Waals surface area contributed by atoms with Gasteiger partial charge in [-0.25, -0.2) is 15.8 Å². The molecule has 0 radical (unpaired) electrons. The van der Waals surface area contributed by atoms with Crippen LogP contribution in [0.4, 0.5) is 5.82 Å². The van der Waals surface area contributed by atoms with Crippen molar-refractivity contribution in [3.8, 4) is 0 Å². The van der Waals surface area contributed by atoms with Gasteiger partial charge in [-0.3, -0.25) is 9.58 Å². The van der Waals surface area contributed by atoms with Gasteiger partial charge in [0.05, 0.1) is 18.1 Å². The van der Waals surface area contributed by atoms with Crippen molar-refractivity contribution < 1.29 is 0 Å². The first-order valence-corrected chi connectivity index (χ1v) is 7.62. The summed E-state index contributed by atoms with van der Waals surface area (Å²) < 4.78 is 1.76. The highest BCUT2D eigenvalue weighted by Crippen LogP contribution is 2.23. The highest BCUT2D eigenvalue weighted by Gasteiger charge is 2.22. The number of rotatable bonds is 4. The second-order valence-corrected chi connectivity index (χ2v) is 5.67. The van der Waals surface area contributed by atoms with Crippen molar-refractivity contribution >= 4 is 16.9 Å². The first-order valence-electron chi connectivity index (χ1n) is 7.62. The third-order valence-electron chi connectivity index (χ3n) is 4.34. The lowest BCUT2D eigenvalue weighted by atomic mass is 10.0. The Hall–Kier alpha value is -1.73. The van der Waals surface area contributed by atoms with Gasteiger partial charge in [0.1, 0.15) is 5.82 Å². The number of hydrogen-bond donors (Lipinski definition) is 2. The molecule has 2 aromatic heterocycles. The molecule has 2 aromatic rings. The molecule has 0 aliphatic carbocycles. The Labute approximate surface area is 124 Å². The molecule has 1 atom stereocenters. The van der Waals surface area contributed by atoms with Crippen molar-refractivity contribution in [1.29, 1.82) is 0 Å². The van der Waals surface area contributed by atoms with Gasteiger partial charge >= 0.3 is 0 Å². The molecule has 0 bridgehead atoms. The minimum atomic E-state index is 0.638. The van der Waals surface area contributed by atoms with Crippen LogP contribution in [0, 0.1) is 0 Å². The zero-order valence-electron chi connectivity index (χ0n) is 12.7. The average Bonchev–Trinajstić information content (AvgIpc) is 2.89. The lowest BCUT2D eigenvalue weighted by Gasteiger charge is -2.34. The molecule has 0 amide bonds. The largest absolute Gasteiger partial charge is 0.308 e. The molecule has 0 spiro atoms. The number of nitrogens with two attached hydrogens (primary N) is 1. The van der Waals surface area contributed by atoms with Crippen LogP contribution in [0.2, 0.25) is 0 Å². The Morgan fingerprint density at radius 2 is 2.24 bits per heavy atom. The van der Waals surface area contributed by atoms with Crippen LogP contribution < -0.4 is 11.3 Å². The number of hydrazine groups is 1. The van der Waals surface area contributed by atoms with E-state index in [4.69, 9.17) is 5.84 Å². The molecule has 21 heavy (non-hydrogen) atoms. The molecule has 1 fully saturated rings. The van der Waals surface area contributed by atoms with Gasteiger partial charge in [0.25, 0.3) is 0 Å². The van der Waals surface area contributed by atoms with Crippen LogP contribution in [-0.2, 0) is 13.6 Å². The van der Waals surface area contributed by atoms with Crippen LogP contribution >= 0.6 is 0 Å². The fourth-order valence-electron chi connectivity index (χ4n) is 3.16. The number of nitrogen functional groups attached to an aromatic ring is 1. The summed E-state index contributed by atoms with van der Waals surface area (Å²) in [6, 6.07) is 0.638. The van der Waals surface area contributed by atoms with Crippen molar-refractivity contribution in [2.45, 2.75) is 45.2 Å². The number of aryl methyl sites for hydroxylation is 1. The molecule has 1 aliphatic rings. The molecule has 7 nitrogen and oxygen atoms in total. The summed E-state index contributed by atoms with van der Waals surface area (Å²) in [6.07, 6.45) is 6.77. The van der Waals surface area contributed by atoms with Gasteiger partial charge in [-0.2, -0.15) is 5.10 Å². The number of aromatic nitrogens is 4. The highest BCUT2D eigenvalue weighted by atomic mass is 15.3. The SMILES string of the molecule is CCC1CCCCN1Cc1nc(NN)c2cnn(C)c2n1. The fourth-order valence-corrected chi connectivity index (χ4v) is 3.16. The van der Waals surface area contributed by atoms with Gasteiger partial charge in [0.15, 0.2) is 11.5 Å². The number of nitrogens with one attached hydrogen (secondary N) is 1. The van der Waals surface area contributed by atoms with Crippen molar-refractivity contribution in [1.82, 2.24) is 24.6 Å². The van der Waals surface area contributed by atoms with E-state index in [1.54, 1.807) is 10.9 Å². The number of piperidine rings is 1. The summed E-state index contributed by atoms with van der Waals surface area (Å²) in [5.74, 6) is 7.04. The summed E-state index contributed by atoms with van der Waals surface area (Å²) in [5.41, 5.74) is 3.48. The lowest BCUT2D eigenvalue weighted by Crippen LogP contribution is -2.38. The number of likely N-dealkylation sites (tertiary alicyclic amines) is 1. The van der Waals surface area contributed by atoms with Crippen molar-refractivity contribution in [3.63, 3.8) is 0 Å². The third-order valence-corrected chi connectivity index (χ3v) is 4.34. The van der Waals surface area contributed by atoms with Gasteiger partial charge < -0.3 is 5.43 Å².